The van der Waals surface area contributed by atoms with Crippen LogP contribution in [0.5, 0.6) is 0 Å². The van der Waals surface area contributed by atoms with E-state index < -0.39 is 0 Å². The Hall–Kier alpha value is -0.390. The van der Waals surface area contributed by atoms with Crippen LogP contribution in [-0.2, 0) is 6.42 Å². The summed E-state index contributed by atoms with van der Waals surface area (Å²) in [5.41, 5.74) is 4.26. The van der Waals surface area contributed by atoms with E-state index in [4.69, 9.17) is 0 Å². The molecular weight excluding hydrogens is 377 g/mol. The minimum absolute atomic E-state index is 0.407. The molecule has 0 fully saturated rings. The van der Waals surface area contributed by atoms with E-state index in [-0.39, 0.29) is 0 Å². The molecule has 1 N–H and O–H groups in total. The van der Waals surface area contributed by atoms with Crippen molar-refractivity contribution in [3.8, 4) is 0 Å². The van der Waals surface area contributed by atoms with Crippen LogP contribution in [0.15, 0.2) is 30.3 Å². The first-order valence-electron chi connectivity index (χ1n) is 7.24. The number of fused-ring (bicyclic) bond motifs is 1. The molecule has 0 spiro atoms. The molecule has 0 aliphatic heterocycles. The van der Waals surface area contributed by atoms with Crippen LogP contribution in [0.2, 0.25) is 0 Å². The summed E-state index contributed by atoms with van der Waals surface area (Å²) in [5, 5.41) is 3.83. The lowest BCUT2D eigenvalue weighted by atomic mass is 9.93. The summed E-state index contributed by atoms with van der Waals surface area (Å²) >= 11 is 4.42. The molecule has 106 valence electrons. The first-order valence-corrected chi connectivity index (χ1v) is 9.14. The topological polar surface area (TPSA) is 12.0 Å². The maximum absolute atomic E-state index is 3.83. The molecule has 1 aromatic heterocycles. The van der Waals surface area contributed by atoms with Gasteiger partial charge in [0.2, 0.25) is 0 Å². The third-order valence-corrected chi connectivity index (χ3v) is 6.08. The number of halogens is 1. The van der Waals surface area contributed by atoms with Crippen LogP contribution in [0.1, 0.15) is 53.4 Å². The van der Waals surface area contributed by atoms with Crippen molar-refractivity contribution >= 4 is 33.9 Å². The van der Waals surface area contributed by atoms with Gasteiger partial charge in [-0.05, 0) is 72.9 Å². The highest BCUT2D eigenvalue weighted by Gasteiger charge is 2.23. The average molecular weight is 397 g/mol. The third-order valence-electron chi connectivity index (χ3n) is 4.11. The lowest BCUT2D eigenvalue weighted by molar-refractivity contribution is 0.418. The minimum Gasteiger partial charge on any atom is -0.303 e. The SMILES string of the molecule is Cc1ccc(C(C)NC2CCCc3sc(I)cc32)cc1. The molecule has 0 saturated heterocycles. The predicted molar refractivity (Wildman–Crippen MR) is 95.4 cm³/mol. The second-order valence-electron chi connectivity index (χ2n) is 5.67. The number of rotatable bonds is 3. The highest BCUT2D eigenvalue weighted by Crippen LogP contribution is 2.37. The zero-order valence-electron chi connectivity index (χ0n) is 11.9. The highest BCUT2D eigenvalue weighted by atomic mass is 127. The number of hydrogen-bond donors (Lipinski definition) is 1. The number of nitrogens with one attached hydrogen (secondary N) is 1. The van der Waals surface area contributed by atoms with E-state index >= 15 is 0 Å². The van der Waals surface area contributed by atoms with E-state index in [2.05, 4.69) is 72.1 Å². The molecule has 1 aromatic carbocycles. The van der Waals surface area contributed by atoms with Gasteiger partial charge in [-0.15, -0.1) is 11.3 Å². The van der Waals surface area contributed by atoms with Crippen molar-refractivity contribution < 1.29 is 0 Å². The van der Waals surface area contributed by atoms with E-state index in [9.17, 15) is 0 Å². The second-order valence-corrected chi connectivity index (χ2v) is 8.70. The van der Waals surface area contributed by atoms with Gasteiger partial charge in [-0.1, -0.05) is 29.8 Å². The predicted octanol–water partition coefficient (Wildman–Crippen LogP) is 5.39. The maximum atomic E-state index is 3.83. The number of benzene rings is 1. The summed E-state index contributed by atoms with van der Waals surface area (Å²) in [6.45, 7) is 4.42. The van der Waals surface area contributed by atoms with Crippen LogP contribution in [0.3, 0.4) is 0 Å². The summed E-state index contributed by atoms with van der Waals surface area (Å²) < 4.78 is 1.42. The lowest BCUT2D eigenvalue weighted by Crippen LogP contribution is -2.27. The molecule has 0 saturated carbocycles. The summed E-state index contributed by atoms with van der Waals surface area (Å²) in [6, 6.07) is 12.2. The van der Waals surface area contributed by atoms with Crippen molar-refractivity contribution in [1.82, 2.24) is 5.32 Å². The van der Waals surface area contributed by atoms with Gasteiger partial charge in [0.1, 0.15) is 0 Å². The first-order chi connectivity index (χ1) is 9.63. The Morgan fingerprint density at radius 3 is 2.80 bits per heavy atom. The van der Waals surface area contributed by atoms with Gasteiger partial charge >= 0.3 is 0 Å². The van der Waals surface area contributed by atoms with Crippen molar-refractivity contribution in [3.05, 3.63) is 54.8 Å². The Balaban J connectivity index is 1.76. The Kier molecular flexibility index (Phi) is 4.48. The quantitative estimate of drug-likeness (QED) is 0.685. The molecule has 0 amide bonds. The zero-order chi connectivity index (χ0) is 14.1. The zero-order valence-corrected chi connectivity index (χ0v) is 14.9. The molecule has 1 aliphatic rings. The van der Waals surface area contributed by atoms with Crippen molar-refractivity contribution in [3.63, 3.8) is 0 Å². The summed E-state index contributed by atoms with van der Waals surface area (Å²) in [5.74, 6) is 0. The molecule has 0 radical (unpaired) electrons. The van der Waals surface area contributed by atoms with Crippen LogP contribution < -0.4 is 5.32 Å². The molecule has 1 nitrogen and oxygen atoms in total. The highest BCUT2D eigenvalue weighted by molar-refractivity contribution is 14.1. The smallest absolute Gasteiger partial charge is 0.0659 e. The van der Waals surface area contributed by atoms with E-state index in [1.54, 1.807) is 10.4 Å². The van der Waals surface area contributed by atoms with Gasteiger partial charge in [0.15, 0.2) is 0 Å². The fourth-order valence-electron chi connectivity index (χ4n) is 2.95. The molecule has 1 heterocycles. The number of thiophene rings is 1. The van der Waals surface area contributed by atoms with Gasteiger partial charge in [-0.3, -0.25) is 0 Å². The Morgan fingerprint density at radius 2 is 2.05 bits per heavy atom. The first kappa shape index (κ1) is 14.5. The normalized spacial score (nSPS) is 19.6. The lowest BCUT2D eigenvalue weighted by Gasteiger charge is -2.27. The van der Waals surface area contributed by atoms with E-state index in [1.165, 1.54) is 33.3 Å². The van der Waals surface area contributed by atoms with Crippen LogP contribution in [-0.4, -0.2) is 0 Å². The van der Waals surface area contributed by atoms with Crippen LogP contribution in [0.4, 0.5) is 0 Å². The largest absolute Gasteiger partial charge is 0.303 e. The average Bonchev–Trinajstić information content (AvgIpc) is 2.81. The second kappa shape index (κ2) is 6.16. The summed E-state index contributed by atoms with van der Waals surface area (Å²) in [4.78, 5) is 1.59. The standard InChI is InChI=1S/C17H20INS/c1-11-6-8-13(9-7-11)12(2)19-15-4-3-5-16-14(15)10-17(18)20-16/h6-10,12,15,19H,3-5H2,1-2H3. The van der Waals surface area contributed by atoms with Crippen LogP contribution in [0, 0.1) is 9.81 Å². The minimum atomic E-state index is 0.407. The summed E-state index contributed by atoms with van der Waals surface area (Å²) in [7, 11) is 0. The molecule has 2 aromatic rings. The molecule has 1 aliphatic carbocycles. The fourth-order valence-corrected chi connectivity index (χ4v) is 5.07. The van der Waals surface area contributed by atoms with Crippen molar-refractivity contribution in [2.24, 2.45) is 0 Å². The van der Waals surface area contributed by atoms with E-state index in [1.807, 2.05) is 11.3 Å². The number of hydrogen-bond acceptors (Lipinski definition) is 2. The van der Waals surface area contributed by atoms with Gasteiger partial charge < -0.3 is 5.32 Å². The molecule has 2 atom stereocenters. The van der Waals surface area contributed by atoms with Gasteiger partial charge in [0.25, 0.3) is 0 Å². The monoisotopic (exact) mass is 397 g/mol. The molecule has 3 rings (SSSR count). The molecule has 3 heteroatoms. The third kappa shape index (κ3) is 3.10. The van der Waals surface area contributed by atoms with Gasteiger partial charge in [-0.25, -0.2) is 0 Å². The van der Waals surface area contributed by atoms with Crippen molar-refractivity contribution in [2.75, 3.05) is 0 Å². The Morgan fingerprint density at radius 1 is 1.30 bits per heavy atom. The number of aryl methyl sites for hydroxylation is 2. The van der Waals surface area contributed by atoms with E-state index in [0.29, 0.717) is 12.1 Å². The molecule has 20 heavy (non-hydrogen) atoms. The van der Waals surface area contributed by atoms with Gasteiger partial charge in [-0.2, -0.15) is 0 Å². The molecular formula is C17H20INS. The maximum Gasteiger partial charge on any atom is 0.0659 e. The van der Waals surface area contributed by atoms with Crippen molar-refractivity contribution in [2.45, 2.75) is 45.2 Å². The Bertz CT molecular complexity index is 588. The van der Waals surface area contributed by atoms with Crippen LogP contribution >= 0.6 is 33.9 Å². The molecule has 0 bridgehead atoms. The van der Waals surface area contributed by atoms with E-state index in [0.717, 1.165) is 0 Å². The fraction of sp³-hybridized carbons (Fsp3) is 0.412. The van der Waals surface area contributed by atoms with Gasteiger partial charge in [0.05, 0.1) is 2.88 Å². The van der Waals surface area contributed by atoms with Gasteiger partial charge in [0, 0.05) is 17.0 Å². The molecule has 2 unspecified atom stereocenters. The summed E-state index contributed by atoms with van der Waals surface area (Å²) in [6.07, 6.45) is 3.83. The Labute approximate surface area is 138 Å². The van der Waals surface area contributed by atoms with Crippen molar-refractivity contribution in [1.29, 1.82) is 0 Å². The van der Waals surface area contributed by atoms with Crippen LogP contribution in [0.25, 0.3) is 0 Å².